The van der Waals surface area contributed by atoms with Crippen LogP contribution >= 0.6 is 11.6 Å². The van der Waals surface area contributed by atoms with Gasteiger partial charge in [0.2, 0.25) is 0 Å². The van der Waals surface area contributed by atoms with Crippen molar-refractivity contribution in [3.63, 3.8) is 0 Å². The van der Waals surface area contributed by atoms with Gasteiger partial charge in [-0.25, -0.2) is 13.6 Å². The highest BCUT2D eigenvalue weighted by Crippen LogP contribution is 2.26. The Balaban J connectivity index is 1.97. The van der Waals surface area contributed by atoms with Crippen LogP contribution in [0, 0.1) is 23.5 Å². The van der Waals surface area contributed by atoms with E-state index in [0.29, 0.717) is 28.5 Å². The van der Waals surface area contributed by atoms with Crippen LogP contribution in [0.5, 0.6) is 5.75 Å². The van der Waals surface area contributed by atoms with E-state index in [1.165, 1.54) is 0 Å². The van der Waals surface area contributed by atoms with E-state index in [4.69, 9.17) is 26.2 Å². The third-order valence-electron chi connectivity index (χ3n) is 3.96. The monoisotopic (exact) mass is 434 g/mol. The molecule has 0 heterocycles. The fraction of sp³-hybridized carbons (Fsp3) is 0.261. The fourth-order valence-electron chi connectivity index (χ4n) is 2.53. The number of halogens is 3. The molecule has 2 aromatic carbocycles. The van der Waals surface area contributed by atoms with Gasteiger partial charge in [-0.3, -0.25) is 0 Å². The average molecular weight is 435 g/mol. The molecule has 0 aliphatic rings. The molecule has 0 spiro atoms. The minimum atomic E-state index is -1.03. The van der Waals surface area contributed by atoms with Crippen molar-refractivity contribution in [2.75, 3.05) is 13.2 Å². The van der Waals surface area contributed by atoms with Gasteiger partial charge in [-0.15, -0.1) is 0 Å². The Bertz CT molecular complexity index is 972. The van der Waals surface area contributed by atoms with Crippen LogP contribution in [0.1, 0.15) is 25.0 Å². The third-order valence-corrected chi connectivity index (χ3v) is 4.25. The zero-order chi connectivity index (χ0) is 22.1. The standard InChI is InChI=1S/C23H21ClF2O4/c1-3-29-22(23(27)28)13-17-6-7-21(20(24)12-17)30-9-8-15(2)4-5-16-10-18(25)14-19(26)11-16/h6-8,10-12,14,22H,3,9,13H2,1-2H3,(H,27,28)/b15-8-/t22-/m0/s1. The van der Waals surface area contributed by atoms with Crippen LogP contribution in [0.15, 0.2) is 48.0 Å². The SMILES string of the molecule is CCO[C@@H](Cc1ccc(OC/C=C(/C)C#Cc2cc(F)cc(F)c2)c(Cl)c1)C(=O)O. The van der Waals surface area contributed by atoms with E-state index in [1.807, 2.05) is 0 Å². The molecule has 0 amide bonds. The molecule has 0 radical (unpaired) electrons. The van der Waals surface area contributed by atoms with Gasteiger partial charge in [-0.2, -0.15) is 0 Å². The first-order valence-corrected chi connectivity index (χ1v) is 9.56. The Morgan fingerprint density at radius 1 is 1.23 bits per heavy atom. The Kier molecular flexibility index (Phi) is 8.85. The van der Waals surface area contributed by atoms with Gasteiger partial charge in [-0.1, -0.05) is 29.5 Å². The zero-order valence-electron chi connectivity index (χ0n) is 16.5. The van der Waals surface area contributed by atoms with E-state index in [9.17, 15) is 13.6 Å². The lowest BCUT2D eigenvalue weighted by molar-refractivity contribution is -0.149. The Labute approximate surface area is 179 Å². The van der Waals surface area contributed by atoms with Gasteiger partial charge in [0.25, 0.3) is 0 Å². The van der Waals surface area contributed by atoms with Gasteiger partial charge < -0.3 is 14.6 Å². The molecular formula is C23H21ClF2O4. The minimum absolute atomic E-state index is 0.188. The quantitative estimate of drug-likeness (QED) is 0.592. The van der Waals surface area contributed by atoms with Crippen LogP contribution in [-0.2, 0) is 16.0 Å². The summed E-state index contributed by atoms with van der Waals surface area (Å²) < 4.78 is 37.1. The van der Waals surface area contributed by atoms with E-state index in [2.05, 4.69) is 11.8 Å². The maximum atomic E-state index is 13.2. The van der Waals surface area contributed by atoms with Gasteiger partial charge in [0.15, 0.2) is 6.10 Å². The van der Waals surface area contributed by atoms with Crippen molar-refractivity contribution >= 4 is 17.6 Å². The van der Waals surface area contributed by atoms with E-state index in [-0.39, 0.29) is 18.6 Å². The van der Waals surface area contributed by atoms with Crippen LogP contribution in [0.25, 0.3) is 0 Å². The highest BCUT2D eigenvalue weighted by molar-refractivity contribution is 6.32. The number of carbonyl (C=O) groups is 1. The fourth-order valence-corrected chi connectivity index (χ4v) is 2.78. The van der Waals surface area contributed by atoms with Crippen LogP contribution in [-0.4, -0.2) is 30.4 Å². The normalized spacial score (nSPS) is 12.1. The molecule has 2 aromatic rings. The van der Waals surface area contributed by atoms with E-state index in [0.717, 1.165) is 18.2 Å². The molecular weight excluding hydrogens is 414 g/mol. The van der Waals surface area contributed by atoms with Crippen LogP contribution in [0.3, 0.4) is 0 Å². The summed E-state index contributed by atoms with van der Waals surface area (Å²) in [4.78, 5) is 11.2. The number of carboxylic acid groups (broad SMARTS) is 1. The maximum absolute atomic E-state index is 13.2. The summed E-state index contributed by atoms with van der Waals surface area (Å²) in [6, 6.07) is 8.12. The number of hydrogen-bond acceptors (Lipinski definition) is 3. The topological polar surface area (TPSA) is 55.8 Å². The Morgan fingerprint density at radius 2 is 1.93 bits per heavy atom. The van der Waals surface area contributed by atoms with Crippen LogP contribution < -0.4 is 4.74 Å². The van der Waals surface area contributed by atoms with Crippen molar-refractivity contribution in [2.24, 2.45) is 0 Å². The van der Waals surface area contributed by atoms with E-state index >= 15 is 0 Å². The van der Waals surface area contributed by atoms with E-state index in [1.54, 1.807) is 38.1 Å². The molecule has 7 heteroatoms. The molecule has 0 bridgehead atoms. The number of ether oxygens (including phenoxy) is 2. The molecule has 30 heavy (non-hydrogen) atoms. The van der Waals surface area contributed by atoms with Gasteiger partial charge in [0.05, 0.1) is 5.02 Å². The smallest absolute Gasteiger partial charge is 0.333 e. The van der Waals surface area contributed by atoms with Crippen molar-refractivity contribution in [2.45, 2.75) is 26.4 Å². The first kappa shape index (κ1) is 23.4. The number of rotatable bonds is 8. The molecule has 0 fully saturated rings. The zero-order valence-corrected chi connectivity index (χ0v) is 17.3. The summed E-state index contributed by atoms with van der Waals surface area (Å²) in [7, 11) is 0. The molecule has 0 unspecified atom stereocenters. The molecule has 1 atom stereocenters. The number of allylic oxidation sites excluding steroid dienone is 1. The van der Waals surface area contributed by atoms with Crippen molar-refractivity contribution in [3.05, 3.63) is 75.8 Å². The van der Waals surface area contributed by atoms with Crippen molar-refractivity contribution < 1.29 is 28.2 Å². The van der Waals surface area contributed by atoms with Gasteiger partial charge >= 0.3 is 5.97 Å². The van der Waals surface area contributed by atoms with Crippen molar-refractivity contribution in [1.29, 1.82) is 0 Å². The molecule has 0 aliphatic heterocycles. The largest absolute Gasteiger partial charge is 0.488 e. The number of carboxylic acids is 1. The van der Waals surface area contributed by atoms with Crippen molar-refractivity contribution in [3.8, 4) is 17.6 Å². The highest BCUT2D eigenvalue weighted by Gasteiger charge is 2.18. The van der Waals surface area contributed by atoms with E-state index < -0.39 is 23.7 Å². The Hall–Kier alpha value is -2.88. The highest BCUT2D eigenvalue weighted by atomic mass is 35.5. The summed E-state index contributed by atoms with van der Waals surface area (Å²) in [5, 5.41) is 9.51. The molecule has 0 aliphatic carbocycles. The summed E-state index contributed by atoms with van der Waals surface area (Å²) in [5.41, 5.74) is 1.62. The summed E-state index contributed by atoms with van der Waals surface area (Å²) in [6.07, 6.45) is 0.967. The lowest BCUT2D eigenvalue weighted by Gasteiger charge is -2.13. The maximum Gasteiger partial charge on any atom is 0.333 e. The molecule has 0 saturated carbocycles. The molecule has 0 saturated heterocycles. The number of hydrogen-bond donors (Lipinski definition) is 1. The summed E-state index contributed by atoms with van der Waals surface area (Å²) in [5.74, 6) is 3.54. The first-order valence-electron chi connectivity index (χ1n) is 9.19. The Morgan fingerprint density at radius 3 is 2.53 bits per heavy atom. The second kappa shape index (κ2) is 11.3. The third kappa shape index (κ3) is 7.51. The predicted octanol–water partition coefficient (Wildman–Crippen LogP) is 5.03. The van der Waals surface area contributed by atoms with Crippen molar-refractivity contribution in [1.82, 2.24) is 0 Å². The van der Waals surface area contributed by atoms with Crippen LogP contribution in [0.2, 0.25) is 5.02 Å². The number of aliphatic carboxylic acids is 1. The molecule has 0 aromatic heterocycles. The molecule has 1 N–H and O–H groups in total. The van der Waals surface area contributed by atoms with Crippen LogP contribution in [0.4, 0.5) is 8.78 Å². The molecule has 2 rings (SSSR count). The second-order valence-electron chi connectivity index (χ2n) is 6.36. The average Bonchev–Trinajstić information content (AvgIpc) is 2.67. The first-order chi connectivity index (χ1) is 14.3. The van der Waals surface area contributed by atoms with Gasteiger partial charge in [-0.05, 0) is 55.3 Å². The lowest BCUT2D eigenvalue weighted by atomic mass is 10.1. The molecule has 158 valence electrons. The summed E-state index contributed by atoms with van der Waals surface area (Å²) >= 11 is 6.22. The summed E-state index contributed by atoms with van der Waals surface area (Å²) in [6.45, 7) is 3.97. The van der Waals surface area contributed by atoms with Gasteiger partial charge in [0.1, 0.15) is 24.0 Å². The predicted molar refractivity (Wildman–Crippen MR) is 111 cm³/mol. The minimum Gasteiger partial charge on any atom is -0.488 e. The second-order valence-corrected chi connectivity index (χ2v) is 6.76. The lowest BCUT2D eigenvalue weighted by Crippen LogP contribution is -2.26. The molecule has 4 nitrogen and oxygen atoms in total. The van der Waals surface area contributed by atoms with Gasteiger partial charge in [0, 0.05) is 24.7 Å². The number of benzene rings is 2.